The fourth-order valence-electron chi connectivity index (χ4n) is 4.47. The number of amides is 1. The van der Waals surface area contributed by atoms with Crippen LogP contribution in [0.2, 0.25) is 0 Å². The van der Waals surface area contributed by atoms with Crippen LogP contribution < -0.4 is 19.5 Å². The van der Waals surface area contributed by atoms with Gasteiger partial charge in [0.05, 0.1) is 38.0 Å². The number of ketones is 1. The molecule has 10 heteroatoms. The van der Waals surface area contributed by atoms with Gasteiger partial charge in [-0.2, -0.15) is 5.26 Å². The predicted molar refractivity (Wildman–Crippen MR) is 151 cm³/mol. The van der Waals surface area contributed by atoms with E-state index < -0.39 is 5.41 Å². The number of benzene rings is 2. The molecule has 3 N–H and O–H groups in total. The second kappa shape index (κ2) is 13.3. The minimum atomic E-state index is -0.408. The molecule has 1 amide bonds. The predicted octanol–water partition coefficient (Wildman–Crippen LogP) is 3.82. The first-order valence-electron chi connectivity index (χ1n) is 13.4. The zero-order valence-electron chi connectivity index (χ0n) is 23.8. The van der Waals surface area contributed by atoms with Crippen LogP contribution in [0.5, 0.6) is 17.2 Å². The summed E-state index contributed by atoms with van der Waals surface area (Å²) in [5.74, 6) is 0.904. The average Bonchev–Trinajstić information content (AvgIpc) is 3.22. The van der Waals surface area contributed by atoms with Gasteiger partial charge in [0.2, 0.25) is 0 Å². The smallest absolute Gasteiger partial charge is 0.254 e. The molecule has 10 nitrogen and oxygen atoms in total. The van der Waals surface area contributed by atoms with E-state index in [4.69, 9.17) is 24.9 Å². The number of fused-ring (bicyclic) bond motifs is 1. The van der Waals surface area contributed by atoms with Gasteiger partial charge in [0.15, 0.2) is 17.3 Å². The minimum absolute atomic E-state index is 0.0545. The zero-order valence-corrected chi connectivity index (χ0v) is 23.8. The normalized spacial score (nSPS) is 12.5. The summed E-state index contributed by atoms with van der Waals surface area (Å²) in [6, 6.07) is 8.90. The average molecular weight is 551 g/mol. The molecule has 0 radical (unpaired) electrons. The molecular weight excluding hydrogens is 512 g/mol. The summed E-state index contributed by atoms with van der Waals surface area (Å²) in [5.41, 5.74) is 2.47. The van der Waals surface area contributed by atoms with Crippen molar-refractivity contribution in [2.24, 2.45) is 0 Å². The van der Waals surface area contributed by atoms with Crippen LogP contribution in [0.3, 0.4) is 0 Å². The number of unbranched alkanes of at least 4 members (excludes halogenated alkanes) is 1. The molecule has 214 valence electrons. The summed E-state index contributed by atoms with van der Waals surface area (Å²) in [5, 5.41) is 29.6. The summed E-state index contributed by atoms with van der Waals surface area (Å²) in [6.45, 7) is 8.64. The topological polar surface area (TPSA) is 145 Å². The van der Waals surface area contributed by atoms with Crippen molar-refractivity contribution in [3.63, 3.8) is 0 Å². The number of hydrogen-bond donors (Lipinski definition) is 3. The SMILES string of the molecule is CCOc1cc2c(cc1C(=O)NC)C(=N)N(CC(=O)c1cc(OCCCC#N)c(OCCO)c(C(C)(C)C)c1)C2. The van der Waals surface area contributed by atoms with Gasteiger partial charge < -0.3 is 29.5 Å². The van der Waals surface area contributed by atoms with Gasteiger partial charge in [0, 0.05) is 36.7 Å². The van der Waals surface area contributed by atoms with Gasteiger partial charge >= 0.3 is 0 Å². The number of amidine groups is 1. The standard InChI is InChI=1S/C30H38N4O6/c1-6-38-25-15-20-17-34(28(32)21(20)16-22(25)29(37)33-5)18-24(36)19-13-23(30(2,3)4)27(40-12-10-35)26(14-19)39-11-8-7-9-31/h13-16,32,35H,6-8,10-12,17-18H2,1-5H3,(H,33,37). The van der Waals surface area contributed by atoms with Gasteiger partial charge in [-0.15, -0.1) is 0 Å². The molecule has 1 aliphatic rings. The Bertz CT molecular complexity index is 1310. The quantitative estimate of drug-likeness (QED) is 0.252. The number of nitrogens with one attached hydrogen (secondary N) is 2. The van der Waals surface area contributed by atoms with E-state index >= 15 is 0 Å². The fraction of sp³-hybridized carbons (Fsp3) is 0.467. The molecule has 3 rings (SSSR count). The van der Waals surface area contributed by atoms with Crippen LogP contribution in [0, 0.1) is 16.7 Å². The molecule has 0 unspecified atom stereocenters. The van der Waals surface area contributed by atoms with E-state index in [1.54, 1.807) is 29.2 Å². The summed E-state index contributed by atoms with van der Waals surface area (Å²) in [7, 11) is 1.54. The van der Waals surface area contributed by atoms with Crippen LogP contribution in [0.4, 0.5) is 0 Å². The molecule has 0 saturated carbocycles. The van der Waals surface area contributed by atoms with Crippen LogP contribution in [-0.2, 0) is 12.0 Å². The summed E-state index contributed by atoms with van der Waals surface area (Å²) in [6.07, 6.45) is 0.853. The number of rotatable bonds is 13. The second-order valence-corrected chi connectivity index (χ2v) is 10.4. The molecule has 1 heterocycles. The molecule has 1 aliphatic heterocycles. The third-order valence-electron chi connectivity index (χ3n) is 6.46. The number of nitrogens with zero attached hydrogens (tertiary/aromatic N) is 2. The summed E-state index contributed by atoms with van der Waals surface area (Å²) in [4.78, 5) is 27.7. The summed E-state index contributed by atoms with van der Waals surface area (Å²) < 4.78 is 17.5. The Kier molecular flexibility index (Phi) is 10.1. The molecule has 0 aliphatic carbocycles. The van der Waals surface area contributed by atoms with E-state index in [-0.39, 0.29) is 43.9 Å². The van der Waals surface area contributed by atoms with Crippen molar-refractivity contribution in [1.82, 2.24) is 10.2 Å². The van der Waals surface area contributed by atoms with E-state index in [0.29, 0.717) is 59.9 Å². The Morgan fingerprint density at radius 3 is 2.50 bits per heavy atom. The second-order valence-electron chi connectivity index (χ2n) is 10.4. The highest BCUT2D eigenvalue weighted by Crippen LogP contribution is 2.40. The Labute approximate surface area is 235 Å². The highest BCUT2D eigenvalue weighted by molar-refractivity contribution is 6.07. The van der Waals surface area contributed by atoms with Crippen molar-refractivity contribution in [2.45, 2.75) is 52.5 Å². The molecule has 0 saturated heterocycles. The number of Topliss-reactive ketones (excluding diaryl/α,β-unsaturated/α-hetero) is 1. The number of aliphatic hydroxyl groups excluding tert-OH is 1. The third-order valence-corrected chi connectivity index (χ3v) is 6.46. The van der Waals surface area contributed by atoms with Crippen molar-refractivity contribution in [3.05, 3.63) is 52.1 Å². The maximum absolute atomic E-state index is 13.6. The lowest BCUT2D eigenvalue weighted by molar-refractivity contribution is 0.0952. The monoisotopic (exact) mass is 550 g/mol. The Balaban J connectivity index is 1.93. The fourth-order valence-corrected chi connectivity index (χ4v) is 4.47. The van der Waals surface area contributed by atoms with Crippen LogP contribution in [0.15, 0.2) is 24.3 Å². The first-order chi connectivity index (χ1) is 19.0. The largest absolute Gasteiger partial charge is 0.493 e. The van der Waals surface area contributed by atoms with Gasteiger partial charge in [0.1, 0.15) is 18.2 Å². The number of hydrogen-bond acceptors (Lipinski definition) is 8. The van der Waals surface area contributed by atoms with Crippen molar-refractivity contribution in [1.29, 1.82) is 10.7 Å². The molecule has 40 heavy (non-hydrogen) atoms. The molecule has 2 aromatic carbocycles. The van der Waals surface area contributed by atoms with Gasteiger partial charge in [-0.1, -0.05) is 20.8 Å². The van der Waals surface area contributed by atoms with Gasteiger partial charge in [-0.3, -0.25) is 15.0 Å². The van der Waals surface area contributed by atoms with Crippen molar-refractivity contribution >= 4 is 17.5 Å². The van der Waals surface area contributed by atoms with Crippen LogP contribution in [0.1, 0.15) is 77.9 Å². The Morgan fingerprint density at radius 2 is 1.88 bits per heavy atom. The van der Waals surface area contributed by atoms with Crippen LogP contribution in [0.25, 0.3) is 0 Å². The van der Waals surface area contributed by atoms with Crippen molar-refractivity contribution in [2.75, 3.05) is 40.0 Å². The lowest BCUT2D eigenvalue weighted by Crippen LogP contribution is -2.30. The number of nitriles is 1. The molecule has 2 aromatic rings. The zero-order chi connectivity index (χ0) is 29.4. The van der Waals surface area contributed by atoms with Gasteiger partial charge in [-0.25, -0.2) is 0 Å². The number of carbonyl (C=O) groups is 2. The Morgan fingerprint density at radius 1 is 1.12 bits per heavy atom. The van der Waals surface area contributed by atoms with E-state index in [1.807, 2.05) is 27.7 Å². The molecule has 0 spiro atoms. The lowest BCUT2D eigenvalue weighted by atomic mass is 9.84. The summed E-state index contributed by atoms with van der Waals surface area (Å²) >= 11 is 0. The van der Waals surface area contributed by atoms with E-state index in [1.165, 1.54) is 7.05 Å². The van der Waals surface area contributed by atoms with E-state index in [0.717, 1.165) is 11.1 Å². The van der Waals surface area contributed by atoms with Gasteiger partial charge in [-0.05, 0) is 48.6 Å². The maximum atomic E-state index is 13.6. The molecule has 0 aromatic heterocycles. The number of aliphatic hydroxyl groups is 1. The molecule has 0 bridgehead atoms. The molecular formula is C30H38N4O6. The highest BCUT2D eigenvalue weighted by Gasteiger charge is 2.31. The molecule has 0 atom stereocenters. The highest BCUT2D eigenvalue weighted by atomic mass is 16.5. The third kappa shape index (κ3) is 6.90. The van der Waals surface area contributed by atoms with E-state index in [2.05, 4.69) is 11.4 Å². The minimum Gasteiger partial charge on any atom is -0.493 e. The van der Waals surface area contributed by atoms with E-state index in [9.17, 15) is 14.7 Å². The lowest BCUT2D eigenvalue weighted by Gasteiger charge is -2.26. The first kappa shape index (κ1) is 30.4. The molecule has 0 fully saturated rings. The van der Waals surface area contributed by atoms with Crippen molar-refractivity contribution in [3.8, 4) is 23.3 Å². The van der Waals surface area contributed by atoms with Gasteiger partial charge in [0.25, 0.3) is 5.91 Å². The first-order valence-corrected chi connectivity index (χ1v) is 13.4. The Hall–Kier alpha value is -4.10. The van der Waals surface area contributed by atoms with Crippen LogP contribution in [-0.4, -0.2) is 67.6 Å². The number of carbonyl (C=O) groups excluding carboxylic acids is 2. The van der Waals surface area contributed by atoms with Crippen molar-refractivity contribution < 1.29 is 28.9 Å². The maximum Gasteiger partial charge on any atom is 0.254 e. The number of ether oxygens (including phenoxy) is 3. The van der Waals surface area contributed by atoms with Crippen LogP contribution >= 0.6 is 0 Å².